The lowest BCUT2D eigenvalue weighted by molar-refractivity contribution is -0.115. The first kappa shape index (κ1) is 21.0. The zero-order valence-electron chi connectivity index (χ0n) is 17.0. The van der Waals surface area contributed by atoms with E-state index in [9.17, 15) is 14.4 Å². The summed E-state index contributed by atoms with van der Waals surface area (Å²) >= 11 is 0. The molecule has 1 amide bonds. The number of hydrogen-bond donors (Lipinski definition) is 1. The van der Waals surface area contributed by atoms with Gasteiger partial charge in [0.15, 0.2) is 6.61 Å². The molecule has 152 valence electrons. The number of anilines is 1. The fourth-order valence-corrected chi connectivity index (χ4v) is 3.00. The van der Waals surface area contributed by atoms with Crippen LogP contribution in [-0.4, -0.2) is 24.3 Å². The molecule has 0 bridgehead atoms. The predicted molar refractivity (Wildman–Crippen MR) is 116 cm³/mol. The van der Waals surface area contributed by atoms with Gasteiger partial charge >= 0.3 is 5.97 Å². The van der Waals surface area contributed by atoms with Gasteiger partial charge in [-0.1, -0.05) is 48.0 Å². The van der Waals surface area contributed by atoms with Crippen LogP contribution in [0.15, 0.2) is 72.8 Å². The number of hydrogen-bond acceptors (Lipinski definition) is 4. The topological polar surface area (TPSA) is 72.5 Å². The molecule has 3 aromatic carbocycles. The van der Waals surface area contributed by atoms with Crippen LogP contribution in [0.4, 0.5) is 5.69 Å². The summed E-state index contributed by atoms with van der Waals surface area (Å²) in [5.74, 6) is -0.971. The molecule has 1 N–H and O–H groups in total. The fourth-order valence-electron chi connectivity index (χ4n) is 3.00. The van der Waals surface area contributed by atoms with E-state index in [2.05, 4.69) is 5.32 Å². The number of amides is 1. The van der Waals surface area contributed by atoms with E-state index >= 15 is 0 Å². The molecular formula is C25H23NO4. The Morgan fingerprint density at radius 3 is 2.27 bits per heavy atom. The fraction of sp³-hybridized carbons (Fsp3) is 0.160. The van der Waals surface area contributed by atoms with Crippen molar-refractivity contribution in [3.05, 3.63) is 101 Å². The maximum absolute atomic E-state index is 12.4. The minimum absolute atomic E-state index is 0.143. The average Bonchev–Trinajstić information content (AvgIpc) is 2.74. The van der Waals surface area contributed by atoms with Gasteiger partial charge in [-0.15, -0.1) is 0 Å². The lowest BCUT2D eigenvalue weighted by Crippen LogP contribution is -2.16. The molecule has 0 aliphatic carbocycles. The molecule has 0 aliphatic rings. The molecular weight excluding hydrogens is 378 g/mol. The van der Waals surface area contributed by atoms with E-state index in [1.54, 1.807) is 30.3 Å². The standard InChI is InChI=1S/C25H23NO4/c1-17-8-9-18(2)22(14-17)23(27)16-30-25(29)20-10-12-21(13-11-20)26-24(28)15-19-6-4-3-5-7-19/h3-14H,15-16H2,1-2H3,(H,26,28). The SMILES string of the molecule is Cc1ccc(C)c(C(=O)COC(=O)c2ccc(NC(=O)Cc3ccccc3)cc2)c1. The van der Waals surface area contributed by atoms with Crippen molar-refractivity contribution in [2.75, 3.05) is 11.9 Å². The first-order valence-electron chi connectivity index (χ1n) is 9.64. The van der Waals surface area contributed by atoms with Gasteiger partial charge in [-0.25, -0.2) is 4.79 Å². The number of aryl methyl sites for hydroxylation is 2. The Balaban J connectivity index is 1.54. The largest absolute Gasteiger partial charge is 0.454 e. The van der Waals surface area contributed by atoms with E-state index in [1.807, 2.05) is 56.3 Å². The Morgan fingerprint density at radius 1 is 0.867 bits per heavy atom. The van der Waals surface area contributed by atoms with Gasteiger partial charge in [0.2, 0.25) is 11.7 Å². The van der Waals surface area contributed by atoms with Gasteiger partial charge in [-0.05, 0) is 55.3 Å². The van der Waals surface area contributed by atoms with E-state index in [0.717, 1.165) is 16.7 Å². The molecule has 0 aliphatic heterocycles. The quantitative estimate of drug-likeness (QED) is 0.467. The minimum atomic E-state index is -0.587. The minimum Gasteiger partial charge on any atom is -0.454 e. The van der Waals surface area contributed by atoms with Gasteiger partial charge in [-0.2, -0.15) is 0 Å². The van der Waals surface area contributed by atoms with Gasteiger partial charge < -0.3 is 10.1 Å². The highest BCUT2D eigenvalue weighted by Crippen LogP contribution is 2.14. The predicted octanol–water partition coefficient (Wildman–Crippen LogP) is 4.52. The van der Waals surface area contributed by atoms with Crippen molar-refractivity contribution in [2.45, 2.75) is 20.3 Å². The number of ether oxygens (including phenoxy) is 1. The molecule has 0 unspecified atom stereocenters. The Morgan fingerprint density at radius 2 is 1.57 bits per heavy atom. The van der Waals surface area contributed by atoms with Crippen LogP contribution in [0.25, 0.3) is 0 Å². The zero-order chi connectivity index (χ0) is 21.5. The first-order valence-corrected chi connectivity index (χ1v) is 9.64. The van der Waals surface area contributed by atoms with Crippen LogP contribution < -0.4 is 5.32 Å². The summed E-state index contributed by atoms with van der Waals surface area (Å²) in [4.78, 5) is 36.7. The van der Waals surface area contributed by atoms with E-state index in [4.69, 9.17) is 4.74 Å². The van der Waals surface area contributed by atoms with Crippen LogP contribution >= 0.6 is 0 Å². The number of Topliss-reactive ketones (excluding diaryl/α,β-unsaturated/α-hetero) is 1. The van der Waals surface area contributed by atoms with Crippen molar-refractivity contribution in [1.29, 1.82) is 0 Å². The lowest BCUT2D eigenvalue weighted by atomic mass is 10.0. The second kappa shape index (κ2) is 9.65. The average molecular weight is 401 g/mol. The normalized spacial score (nSPS) is 10.3. The number of ketones is 1. The number of carbonyl (C=O) groups excluding carboxylic acids is 3. The van der Waals surface area contributed by atoms with Crippen molar-refractivity contribution in [3.8, 4) is 0 Å². The molecule has 0 saturated carbocycles. The molecule has 3 rings (SSSR count). The smallest absolute Gasteiger partial charge is 0.338 e. The van der Waals surface area contributed by atoms with Gasteiger partial charge in [0.1, 0.15) is 0 Å². The summed E-state index contributed by atoms with van der Waals surface area (Å²) < 4.78 is 5.16. The van der Waals surface area contributed by atoms with E-state index in [0.29, 0.717) is 16.8 Å². The lowest BCUT2D eigenvalue weighted by Gasteiger charge is -2.09. The molecule has 0 heterocycles. The summed E-state index contributed by atoms with van der Waals surface area (Å²) in [5, 5.41) is 2.79. The van der Waals surface area contributed by atoms with Crippen molar-refractivity contribution < 1.29 is 19.1 Å². The summed E-state index contributed by atoms with van der Waals surface area (Å²) in [7, 11) is 0. The summed E-state index contributed by atoms with van der Waals surface area (Å²) in [6, 6.07) is 21.4. The Hall–Kier alpha value is -3.73. The van der Waals surface area contributed by atoms with E-state index in [-0.39, 0.29) is 24.7 Å². The third kappa shape index (κ3) is 5.64. The highest BCUT2D eigenvalue weighted by Gasteiger charge is 2.14. The molecule has 0 atom stereocenters. The third-order valence-electron chi connectivity index (χ3n) is 4.64. The van der Waals surface area contributed by atoms with Crippen molar-refractivity contribution in [3.63, 3.8) is 0 Å². The molecule has 5 nitrogen and oxygen atoms in total. The highest BCUT2D eigenvalue weighted by molar-refractivity contribution is 6.00. The first-order chi connectivity index (χ1) is 14.4. The molecule has 30 heavy (non-hydrogen) atoms. The van der Waals surface area contributed by atoms with Crippen LogP contribution in [0.5, 0.6) is 0 Å². The molecule has 0 spiro atoms. The molecule has 3 aromatic rings. The second-order valence-electron chi connectivity index (χ2n) is 7.11. The van der Waals surface area contributed by atoms with Crippen LogP contribution in [0.3, 0.4) is 0 Å². The van der Waals surface area contributed by atoms with Crippen LogP contribution in [0.2, 0.25) is 0 Å². The van der Waals surface area contributed by atoms with Gasteiger partial charge in [0.25, 0.3) is 0 Å². The highest BCUT2D eigenvalue weighted by atomic mass is 16.5. The van der Waals surface area contributed by atoms with E-state index < -0.39 is 5.97 Å². The van der Waals surface area contributed by atoms with E-state index in [1.165, 1.54) is 0 Å². The number of carbonyl (C=O) groups is 3. The number of rotatable bonds is 7. The summed E-state index contributed by atoms with van der Waals surface area (Å²) in [6.07, 6.45) is 0.269. The molecule has 0 radical (unpaired) electrons. The summed E-state index contributed by atoms with van der Waals surface area (Å²) in [6.45, 7) is 3.43. The van der Waals surface area contributed by atoms with Crippen LogP contribution in [-0.2, 0) is 16.0 Å². The van der Waals surface area contributed by atoms with Crippen molar-refractivity contribution in [2.24, 2.45) is 0 Å². The van der Waals surface area contributed by atoms with Crippen LogP contribution in [0, 0.1) is 13.8 Å². The summed E-state index contributed by atoms with van der Waals surface area (Å²) in [5.41, 5.74) is 4.18. The maximum Gasteiger partial charge on any atom is 0.338 e. The van der Waals surface area contributed by atoms with Crippen molar-refractivity contribution in [1.82, 2.24) is 0 Å². The molecule has 0 fully saturated rings. The van der Waals surface area contributed by atoms with Gasteiger partial charge in [-0.3, -0.25) is 9.59 Å². The molecule has 0 saturated heterocycles. The second-order valence-corrected chi connectivity index (χ2v) is 7.11. The maximum atomic E-state index is 12.4. The Bertz CT molecular complexity index is 1060. The monoisotopic (exact) mass is 401 g/mol. The third-order valence-corrected chi connectivity index (χ3v) is 4.64. The van der Waals surface area contributed by atoms with Crippen molar-refractivity contribution >= 4 is 23.3 Å². The number of benzene rings is 3. The zero-order valence-corrected chi connectivity index (χ0v) is 17.0. The van der Waals surface area contributed by atoms with Gasteiger partial charge in [0.05, 0.1) is 12.0 Å². The molecule has 5 heteroatoms. The van der Waals surface area contributed by atoms with Gasteiger partial charge in [0, 0.05) is 11.3 Å². The van der Waals surface area contributed by atoms with Crippen LogP contribution in [0.1, 0.15) is 37.4 Å². The number of nitrogens with one attached hydrogen (secondary N) is 1. The Kier molecular flexibility index (Phi) is 6.75. The number of esters is 1. The Labute approximate surface area is 175 Å². The molecule has 0 aromatic heterocycles.